The molecule has 0 amide bonds. The Morgan fingerprint density at radius 2 is 2.31 bits per heavy atom. The van der Waals surface area contributed by atoms with Crippen LogP contribution in [0.15, 0.2) is 18.3 Å². The van der Waals surface area contributed by atoms with Crippen molar-refractivity contribution in [2.24, 2.45) is 0 Å². The lowest BCUT2D eigenvalue weighted by molar-refractivity contribution is 0.101. The van der Waals surface area contributed by atoms with Crippen molar-refractivity contribution in [1.29, 1.82) is 0 Å². The fourth-order valence-electron chi connectivity index (χ4n) is 1.67. The Kier molecular flexibility index (Phi) is 2.96. The molecule has 0 atom stereocenters. The van der Waals surface area contributed by atoms with Gasteiger partial charge in [0.2, 0.25) is 0 Å². The number of ether oxygens (including phenoxy) is 1. The van der Waals surface area contributed by atoms with E-state index in [1.807, 2.05) is 12.1 Å². The van der Waals surface area contributed by atoms with Crippen LogP contribution >= 0.6 is 15.9 Å². The number of hydrogen-bond acceptors (Lipinski definition) is 3. The summed E-state index contributed by atoms with van der Waals surface area (Å²) >= 11 is 3.39. The highest BCUT2D eigenvalue weighted by molar-refractivity contribution is 9.08. The molecule has 4 nitrogen and oxygen atoms in total. The molecule has 0 aliphatic heterocycles. The number of nitrogens with zero attached hydrogens (tertiary/aromatic N) is 2. The van der Waals surface area contributed by atoms with E-state index in [-0.39, 0.29) is 5.78 Å². The first kappa shape index (κ1) is 11.1. The van der Waals surface area contributed by atoms with Crippen LogP contribution in [-0.4, -0.2) is 22.5 Å². The number of Topliss-reactive ketones (excluding diaryl/α,β-unsaturated/α-hetero) is 1. The lowest BCUT2D eigenvalue weighted by atomic mass is 10.2. The lowest BCUT2D eigenvalue weighted by Gasteiger charge is -2.08. The van der Waals surface area contributed by atoms with E-state index in [0.29, 0.717) is 10.9 Å². The molecule has 0 radical (unpaired) electrons. The van der Waals surface area contributed by atoms with Gasteiger partial charge < -0.3 is 4.74 Å². The zero-order valence-electron chi connectivity index (χ0n) is 9.03. The molecule has 2 rings (SSSR count). The van der Waals surface area contributed by atoms with Crippen molar-refractivity contribution in [2.45, 2.75) is 12.3 Å². The molecule has 0 N–H and O–H groups in total. The third-order valence-corrected chi connectivity index (χ3v) is 3.00. The van der Waals surface area contributed by atoms with E-state index in [0.717, 1.165) is 17.0 Å². The third kappa shape index (κ3) is 1.61. The number of halogens is 1. The molecule has 0 saturated heterocycles. The molecule has 0 aliphatic carbocycles. The van der Waals surface area contributed by atoms with E-state index in [9.17, 15) is 4.79 Å². The van der Waals surface area contributed by atoms with Crippen LogP contribution in [-0.2, 0) is 5.33 Å². The number of fused-ring (bicyclic) bond motifs is 1. The zero-order chi connectivity index (χ0) is 11.7. The second kappa shape index (κ2) is 4.25. The highest BCUT2D eigenvalue weighted by atomic mass is 79.9. The molecular formula is C11H11BrN2O2. The van der Waals surface area contributed by atoms with Crippen LogP contribution in [0, 0.1) is 0 Å². The maximum Gasteiger partial charge on any atom is 0.163 e. The van der Waals surface area contributed by atoms with Crippen LogP contribution in [0.1, 0.15) is 23.0 Å². The molecule has 2 heterocycles. The molecule has 16 heavy (non-hydrogen) atoms. The van der Waals surface area contributed by atoms with E-state index in [4.69, 9.17) is 4.74 Å². The van der Waals surface area contributed by atoms with Crippen LogP contribution in [0.3, 0.4) is 0 Å². The van der Waals surface area contributed by atoms with Crippen molar-refractivity contribution in [3.8, 4) is 5.75 Å². The monoisotopic (exact) mass is 282 g/mol. The Balaban J connectivity index is 2.75. The van der Waals surface area contributed by atoms with Crippen molar-refractivity contribution < 1.29 is 9.53 Å². The average Bonchev–Trinajstić information content (AvgIpc) is 2.71. The lowest BCUT2D eigenvalue weighted by Crippen LogP contribution is -2.00. The van der Waals surface area contributed by atoms with Crippen LogP contribution in [0.25, 0.3) is 5.52 Å². The van der Waals surface area contributed by atoms with Gasteiger partial charge in [-0.25, -0.2) is 4.52 Å². The summed E-state index contributed by atoms with van der Waals surface area (Å²) in [6.07, 6.45) is 1.59. The number of hydrogen-bond donors (Lipinski definition) is 0. The summed E-state index contributed by atoms with van der Waals surface area (Å²) in [5, 5.41) is 4.82. The largest absolute Gasteiger partial charge is 0.495 e. The maximum absolute atomic E-state index is 11.4. The molecule has 0 spiro atoms. The standard InChI is InChI=1S/C11H11BrN2O2/c1-7(15)8-6-13-14-9(8)3-4-11(16-2)10(14)5-12/h3-4,6H,5H2,1-2H3. The molecule has 0 unspecified atom stereocenters. The van der Waals surface area contributed by atoms with Crippen molar-refractivity contribution in [1.82, 2.24) is 9.61 Å². The van der Waals surface area contributed by atoms with Gasteiger partial charge in [-0.3, -0.25) is 4.79 Å². The van der Waals surface area contributed by atoms with E-state index in [1.165, 1.54) is 6.92 Å². The van der Waals surface area contributed by atoms with Crippen molar-refractivity contribution in [2.75, 3.05) is 7.11 Å². The van der Waals surface area contributed by atoms with Gasteiger partial charge >= 0.3 is 0 Å². The first-order valence-corrected chi connectivity index (χ1v) is 5.91. The highest BCUT2D eigenvalue weighted by Gasteiger charge is 2.13. The number of alkyl halides is 1. The van der Waals surface area contributed by atoms with Gasteiger partial charge in [0.1, 0.15) is 5.75 Å². The van der Waals surface area contributed by atoms with Crippen LogP contribution in [0.5, 0.6) is 5.75 Å². The molecule has 0 aromatic carbocycles. The number of pyridine rings is 1. The average molecular weight is 283 g/mol. The first-order valence-electron chi connectivity index (χ1n) is 4.79. The fraction of sp³-hybridized carbons (Fsp3) is 0.273. The number of carbonyl (C=O) groups is 1. The minimum absolute atomic E-state index is 0.0145. The molecule has 0 bridgehead atoms. The minimum Gasteiger partial charge on any atom is -0.495 e. The van der Waals surface area contributed by atoms with Crippen molar-refractivity contribution in [3.63, 3.8) is 0 Å². The maximum atomic E-state index is 11.4. The van der Waals surface area contributed by atoms with Crippen LogP contribution in [0.4, 0.5) is 0 Å². The van der Waals surface area contributed by atoms with Gasteiger partial charge in [-0.1, -0.05) is 15.9 Å². The SMILES string of the molecule is COc1ccc2c(C(C)=O)cnn2c1CBr. The van der Waals surface area contributed by atoms with Crippen LogP contribution in [0.2, 0.25) is 0 Å². The molecule has 5 heteroatoms. The Morgan fingerprint density at radius 1 is 1.56 bits per heavy atom. The van der Waals surface area contributed by atoms with Gasteiger partial charge in [0.05, 0.1) is 30.1 Å². The first-order chi connectivity index (χ1) is 7.69. The molecule has 2 aromatic rings. The van der Waals surface area contributed by atoms with Crippen molar-refractivity contribution in [3.05, 3.63) is 29.6 Å². The van der Waals surface area contributed by atoms with Gasteiger partial charge in [-0.05, 0) is 19.1 Å². The zero-order valence-corrected chi connectivity index (χ0v) is 10.6. The molecular weight excluding hydrogens is 272 g/mol. The molecule has 0 fully saturated rings. The fourth-order valence-corrected chi connectivity index (χ4v) is 2.18. The van der Waals surface area contributed by atoms with Gasteiger partial charge in [-0.15, -0.1) is 0 Å². The van der Waals surface area contributed by atoms with Crippen molar-refractivity contribution >= 4 is 27.2 Å². The summed E-state index contributed by atoms with van der Waals surface area (Å²) < 4.78 is 6.96. The summed E-state index contributed by atoms with van der Waals surface area (Å²) in [6.45, 7) is 1.54. The smallest absolute Gasteiger partial charge is 0.163 e. The Bertz CT molecular complexity index is 548. The second-order valence-electron chi connectivity index (χ2n) is 3.39. The number of ketones is 1. The second-order valence-corrected chi connectivity index (χ2v) is 3.95. The van der Waals surface area contributed by atoms with Gasteiger partial charge in [0.25, 0.3) is 0 Å². The Morgan fingerprint density at radius 3 is 2.88 bits per heavy atom. The van der Waals surface area contributed by atoms with E-state index in [2.05, 4.69) is 21.0 Å². The Hall–Kier alpha value is -1.36. The van der Waals surface area contributed by atoms with Gasteiger partial charge in [-0.2, -0.15) is 5.10 Å². The summed E-state index contributed by atoms with van der Waals surface area (Å²) in [5.41, 5.74) is 2.33. The summed E-state index contributed by atoms with van der Waals surface area (Å²) in [5.74, 6) is 0.767. The number of methoxy groups -OCH3 is 1. The topological polar surface area (TPSA) is 43.6 Å². The molecule has 0 saturated carbocycles. The summed E-state index contributed by atoms with van der Waals surface area (Å²) in [7, 11) is 1.61. The predicted octanol–water partition coefficient (Wildman–Crippen LogP) is 2.44. The number of carbonyl (C=O) groups excluding carboxylic acids is 1. The predicted molar refractivity (Wildman–Crippen MR) is 64.4 cm³/mol. The van der Waals surface area contributed by atoms with E-state index in [1.54, 1.807) is 17.8 Å². The molecule has 0 aliphatic rings. The van der Waals surface area contributed by atoms with Gasteiger partial charge in [0, 0.05) is 5.33 Å². The minimum atomic E-state index is 0.0145. The quantitative estimate of drug-likeness (QED) is 0.642. The van der Waals surface area contributed by atoms with Gasteiger partial charge in [0.15, 0.2) is 5.78 Å². The van der Waals surface area contributed by atoms with E-state index >= 15 is 0 Å². The molecule has 84 valence electrons. The van der Waals surface area contributed by atoms with Crippen LogP contribution < -0.4 is 4.74 Å². The number of rotatable bonds is 3. The summed E-state index contributed by atoms with van der Waals surface area (Å²) in [6, 6.07) is 3.69. The summed E-state index contributed by atoms with van der Waals surface area (Å²) in [4.78, 5) is 11.4. The number of aromatic nitrogens is 2. The Labute approximate surface area is 101 Å². The van der Waals surface area contributed by atoms with E-state index < -0.39 is 0 Å². The highest BCUT2D eigenvalue weighted by Crippen LogP contribution is 2.24. The third-order valence-electron chi connectivity index (χ3n) is 2.46. The molecule has 2 aromatic heterocycles. The normalized spacial score (nSPS) is 10.7.